The van der Waals surface area contributed by atoms with Crippen molar-refractivity contribution < 1.29 is 32.3 Å². The molecule has 0 radical (unpaired) electrons. The van der Waals surface area contributed by atoms with Gasteiger partial charge in [-0.15, -0.1) is 11.3 Å². The first-order chi connectivity index (χ1) is 13.0. The number of nitrogens with zero attached hydrogens (tertiary/aromatic N) is 2. The molecule has 1 aromatic heterocycles. The van der Waals surface area contributed by atoms with E-state index < -0.39 is 50.8 Å². The van der Waals surface area contributed by atoms with Crippen LogP contribution in [0.3, 0.4) is 0 Å². The molecule has 1 heterocycles. The third-order valence-corrected chi connectivity index (χ3v) is 5.38. The maximum Gasteiger partial charge on any atom is 0.357 e. The number of sulfonamides is 1. The van der Waals surface area contributed by atoms with Crippen LogP contribution in [0.4, 0.5) is 14.2 Å². The smallest absolute Gasteiger partial charge is 0.357 e. The highest BCUT2D eigenvalue weighted by Crippen LogP contribution is 2.25. The van der Waals surface area contributed by atoms with Crippen LogP contribution >= 0.6 is 11.3 Å². The number of thiazole rings is 1. The SMILES string of the molecule is NC(=O)N(N)NC(=O)Cc1ccc(S(=O)(=O)Nc2scnc2C(=O)O)cc1F. The number of nitrogens with two attached hydrogens (primary N) is 2. The zero-order valence-electron chi connectivity index (χ0n) is 13.7. The Kier molecular flexibility index (Phi) is 6.12. The van der Waals surface area contributed by atoms with Crippen molar-refractivity contribution in [1.82, 2.24) is 15.5 Å². The third-order valence-electron chi connectivity index (χ3n) is 3.17. The van der Waals surface area contributed by atoms with Crippen molar-refractivity contribution in [1.29, 1.82) is 0 Å². The van der Waals surface area contributed by atoms with Crippen molar-refractivity contribution in [3.63, 3.8) is 0 Å². The van der Waals surface area contributed by atoms with E-state index in [2.05, 4.69) is 4.98 Å². The van der Waals surface area contributed by atoms with Crippen LogP contribution in [0.15, 0.2) is 28.6 Å². The Labute approximate surface area is 160 Å². The fourth-order valence-electron chi connectivity index (χ4n) is 1.89. The maximum atomic E-state index is 14.2. The monoisotopic (exact) mass is 432 g/mol. The summed E-state index contributed by atoms with van der Waals surface area (Å²) in [6.45, 7) is 0. The summed E-state index contributed by atoms with van der Waals surface area (Å²) < 4.78 is 40.9. The molecular formula is C13H13FN6O6S2. The van der Waals surface area contributed by atoms with Gasteiger partial charge in [-0.05, 0) is 17.7 Å². The summed E-state index contributed by atoms with van der Waals surface area (Å²) >= 11 is 0.740. The van der Waals surface area contributed by atoms with Crippen molar-refractivity contribution in [2.75, 3.05) is 4.72 Å². The highest BCUT2D eigenvalue weighted by molar-refractivity contribution is 7.93. The summed E-state index contributed by atoms with van der Waals surface area (Å²) in [7, 11) is -4.31. The predicted octanol–water partition coefficient (Wildman–Crippen LogP) is -0.391. The predicted molar refractivity (Wildman–Crippen MR) is 93.7 cm³/mol. The van der Waals surface area contributed by atoms with Crippen LogP contribution in [-0.2, 0) is 21.2 Å². The lowest BCUT2D eigenvalue weighted by molar-refractivity contribution is -0.124. The Bertz CT molecular complexity index is 1040. The summed E-state index contributed by atoms with van der Waals surface area (Å²) in [5.74, 6) is 1.76. The van der Waals surface area contributed by atoms with Crippen LogP contribution in [0.25, 0.3) is 0 Å². The van der Waals surface area contributed by atoms with Crippen molar-refractivity contribution >= 4 is 44.3 Å². The van der Waals surface area contributed by atoms with Gasteiger partial charge in [-0.25, -0.2) is 38.6 Å². The number of carbonyl (C=O) groups is 3. The van der Waals surface area contributed by atoms with Gasteiger partial charge in [-0.2, -0.15) is 5.12 Å². The number of urea groups is 1. The molecule has 0 fully saturated rings. The fourth-order valence-corrected chi connectivity index (χ4v) is 3.89. The van der Waals surface area contributed by atoms with E-state index in [-0.39, 0.29) is 15.7 Å². The number of aromatic nitrogens is 1. The number of rotatable bonds is 6. The van der Waals surface area contributed by atoms with Crippen LogP contribution in [-0.4, -0.2) is 41.5 Å². The van der Waals surface area contributed by atoms with E-state index in [1.165, 1.54) is 0 Å². The number of carboxylic acid groups (broad SMARTS) is 1. The molecule has 0 aliphatic carbocycles. The Morgan fingerprint density at radius 3 is 2.57 bits per heavy atom. The number of hydrazine groups is 2. The minimum Gasteiger partial charge on any atom is -0.476 e. The number of amides is 3. The van der Waals surface area contributed by atoms with Gasteiger partial charge in [0, 0.05) is 0 Å². The average Bonchev–Trinajstić information content (AvgIpc) is 3.04. The number of hydrogen-bond donors (Lipinski definition) is 5. The van der Waals surface area contributed by atoms with Crippen LogP contribution in [0.2, 0.25) is 0 Å². The lowest BCUT2D eigenvalue weighted by Crippen LogP contribution is -2.53. The second kappa shape index (κ2) is 8.15. The maximum absolute atomic E-state index is 14.2. The van der Waals surface area contributed by atoms with Crippen LogP contribution in [0.5, 0.6) is 0 Å². The number of benzene rings is 1. The third kappa shape index (κ3) is 4.90. The molecular weight excluding hydrogens is 419 g/mol. The first-order valence-electron chi connectivity index (χ1n) is 7.13. The lowest BCUT2D eigenvalue weighted by atomic mass is 10.1. The van der Waals surface area contributed by atoms with Crippen LogP contribution < -0.4 is 21.7 Å². The van der Waals surface area contributed by atoms with Gasteiger partial charge in [0.1, 0.15) is 10.8 Å². The molecule has 0 atom stereocenters. The number of carbonyl (C=O) groups excluding carboxylic acids is 2. The molecule has 2 rings (SSSR count). The van der Waals surface area contributed by atoms with E-state index in [1.54, 1.807) is 0 Å². The zero-order valence-corrected chi connectivity index (χ0v) is 15.4. The van der Waals surface area contributed by atoms with E-state index in [1.807, 2.05) is 10.1 Å². The van der Waals surface area contributed by atoms with Crippen LogP contribution in [0, 0.1) is 5.82 Å². The molecule has 7 N–H and O–H groups in total. The van der Waals surface area contributed by atoms with Gasteiger partial charge in [-0.1, -0.05) is 6.07 Å². The quantitative estimate of drug-likeness (QED) is 0.231. The molecule has 3 amide bonds. The topological polar surface area (TPSA) is 198 Å². The Balaban J connectivity index is 2.18. The number of carboxylic acids is 1. The molecule has 2 aromatic rings. The zero-order chi connectivity index (χ0) is 21.1. The number of aromatic carboxylic acids is 1. The normalized spacial score (nSPS) is 10.9. The van der Waals surface area contributed by atoms with E-state index in [0.717, 1.165) is 29.0 Å². The molecule has 0 saturated carbocycles. The van der Waals surface area contributed by atoms with Crippen molar-refractivity contribution in [3.05, 3.63) is 40.8 Å². The number of primary amides is 1. The highest BCUT2D eigenvalue weighted by Gasteiger charge is 2.22. The van der Waals surface area contributed by atoms with Crippen molar-refractivity contribution in [2.45, 2.75) is 11.3 Å². The minimum absolute atomic E-state index is 0.182. The van der Waals surface area contributed by atoms with Crippen LogP contribution in [0.1, 0.15) is 16.1 Å². The summed E-state index contributed by atoms with van der Waals surface area (Å²) in [5.41, 5.74) is 7.16. The number of hydrogen-bond acceptors (Lipinski definition) is 8. The summed E-state index contributed by atoms with van der Waals surface area (Å²) in [5, 5.41) is 8.92. The van der Waals surface area contributed by atoms with E-state index >= 15 is 0 Å². The average molecular weight is 432 g/mol. The molecule has 1 aromatic carbocycles. The molecule has 0 bridgehead atoms. The molecule has 12 nitrogen and oxygen atoms in total. The summed E-state index contributed by atoms with van der Waals surface area (Å²) in [6, 6.07) is 1.56. The van der Waals surface area contributed by atoms with Gasteiger partial charge < -0.3 is 10.8 Å². The van der Waals surface area contributed by atoms with Gasteiger partial charge in [0.15, 0.2) is 5.69 Å². The van der Waals surface area contributed by atoms with E-state index in [9.17, 15) is 27.2 Å². The Morgan fingerprint density at radius 1 is 1.32 bits per heavy atom. The lowest BCUT2D eigenvalue weighted by Gasteiger charge is -2.14. The summed E-state index contributed by atoms with van der Waals surface area (Å²) in [4.78, 5) is 36.4. The van der Waals surface area contributed by atoms with Gasteiger partial charge in [0.2, 0.25) is 5.91 Å². The molecule has 0 aliphatic rings. The van der Waals surface area contributed by atoms with Crippen molar-refractivity contribution in [3.8, 4) is 0 Å². The first-order valence-corrected chi connectivity index (χ1v) is 9.49. The van der Waals surface area contributed by atoms with E-state index in [0.29, 0.717) is 6.07 Å². The minimum atomic E-state index is -4.31. The standard InChI is InChI=1S/C13H13FN6O6S2/c14-8-4-7(2-1-6(8)3-9(21)18-20(16)13(15)24)28(25,26)19-11-10(12(22)23)17-5-27-11/h1-2,4-5,19H,3,16H2,(H2,15,24)(H,18,21)(H,22,23). The highest BCUT2D eigenvalue weighted by atomic mass is 32.2. The second-order valence-electron chi connectivity index (χ2n) is 5.11. The Morgan fingerprint density at radius 2 is 2.00 bits per heavy atom. The van der Waals surface area contributed by atoms with Gasteiger partial charge in [0.25, 0.3) is 10.0 Å². The van der Waals surface area contributed by atoms with Gasteiger partial charge >= 0.3 is 12.0 Å². The Hall–Kier alpha value is -3.30. The molecule has 28 heavy (non-hydrogen) atoms. The molecule has 0 saturated heterocycles. The number of halogens is 1. The van der Waals surface area contributed by atoms with E-state index in [4.69, 9.17) is 16.7 Å². The molecule has 150 valence electrons. The molecule has 0 aliphatic heterocycles. The first kappa shape index (κ1) is 21.0. The number of nitrogens with one attached hydrogen (secondary N) is 2. The second-order valence-corrected chi connectivity index (χ2v) is 7.65. The van der Waals surface area contributed by atoms with Gasteiger partial charge in [-0.3, -0.25) is 9.52 Å². The fraction of sp³-hybridized carbons (Fsp3) is 0.0769. The molecule has 15 heteroatoms. The van der Waals surface area contributed by atoms with Crippen molar-refractivity contribution in [2.24, 2.45) is 11.6 Å². The molecule has 0 spiro atoms. The number of anilines is 1. The molecule has 0 unspecified atom stereocenters. The van der Waals surface area contributed by atoms with Gasteiger partial charge in [0.05, 0.1) is 16.8 Å². The summed E-state index contributed by atoms with van der Waals surface area (Å²) in [6.07, 6.45) is -0.557. The largest absolute Gasteiger partial charge is 0.476 e.